The molecule has 2 atom stereocenters. The van der Waals surface area contributed by atoms with E-state index in [9.17, 15) is 28.0 Å². The van der Waals surface area contributed by atoms with E-state index in [0.29, 0.717) is 28.9 Å². The van der Waals surface area contributed by atoms with E-state index in [2.05, 4.69) is 10.6 Å². The monoisotopic (exact) mass is 642 g/mol. The predicted octanol–water partition coefficient (Wildman–Crippen LogP) is 2.69. The van der Waals surface area contributed by atoms with Gasteiger partial charge in [0.1, 0.15) is 11.6 Å². The lowest BCUT2D eigenvalue weighted by Gasteiger charge is -2.27. The van der Waals surface area contributed by atoms with Crippen LogP contribution < -0.4 is 24.8 Å². The number of Topliss-reactive ketones (excluding diaryl/α,β-unsaturated/α-hetero) is 1. The number of sulfonamides is 1. The summed E-state index contributed by atoms with van der Waals surface area (Å²) in [6.07, 6.45) is 7.02. The van der Waals surface area contributed by atoms with Crippen LogP contribution >= 0.6 is 0 Å². The molecular weight excluding hydrogens is 604 g/mol. The highest BCUT2D eigenvalue weighted by molar-refractivity contribution is 7.89. The van der Waals surface area contributed by atoms with Gasteiger partial charge in [-0.15, -0.1) is 0 Å². The number of carbonyl (C=O) groups is 3. The molecule has 0 spiro atoms. The molecule has 5 rings (SSSR count). The highest BCUT2D eigenvalue weighted by Crippen LogP contribution is 2.34. The van der Waals surface area contributed by atoms with Crippen molar-refractivity contribution in [3.8, 4) is 11.5 Å². The van der Waals surface area contributed by atoms with Crippen LogP contribution in [0.5, 0.6) is 11.5 Å². The second-order valence-corrected chi connectivity index (χ2v) is 13.4. The van der Waals surface area contributed by atoms with E-state index in [1.807, 2.05) is 0 Å². The van der Waals surface area contributed by atoms with Gasteiger partial charge in [-0.3, -0.25) is 14.4 Å². The number of fused-ring (bicyclic) bond motifs is 1. The number of aromatic nitrogens is 1. The Bertz CT molecular complexity index is 1630. The molecule has 1 saturated heterocycles. The fourth-order valence-corrected chi connectivity index (χ4v) is 7.54. The molecule has 2 aliphatic rings. The average molecular weight is 643 g/mol. The first-order valence-corrected chi connectivity index (χ1v) is 16.5. The Labute approximate surface area is 261 Å². The molecule has 0 radical (unpaired) electrons. The number of furan rings is 1. The van der Waals surface area contributed by atoms with E-state index >= 15 is 0 Å². The molecule has 3 heterocycles. The van der Waals surface area contributed by atoms with Crippen LogP contribution in [0.1, 0.15) is 61.9 Å². The number of methoxy groups -OCH3 is 2. The van der Waals surface area contributed by atoms with Crippen LogP contribution in [-0.2, 0) is 19.6 Å². The molecule has 14 heteroatoms. The molecule has 1 aromatic carbocycles. The van der Waals surface area contributed by atoms with Crippen LogP contribution in [0.3, 0.4) is 0 Å². The van der Waals surface area contributed by atoms with Crippen LogP contribution in [0.15, 0.2) is 52.0 Å². The molecule has 1 unspecified atom stereocenters. The van der Waals surface area contributed by atoms with Gasteiger partial charge in [-0.1, -0.05) is 32.1 Å². The van der Waals surface area contributed by atoms with Crippen molar-refractivity contribution in [3.63, 3.8) is 0 Å². The molecule has 2 aromatic heterocycles. The van der Waals surface area contributed by atoms with Gasteiger partial charge < -0.3 is 29.7 Å². The number of pyridine rings is 1. The lowest BCUT2D eigenvalue weighted by atomic mass is 9.84. The smallest absolute Gasteiger partial charge is 0.323 e. The highest BCUT2D eigenvalue weighted by atomic mass is 32.2. The first-order valence-electron chi connectivity index (χ1n) is 15.1. The minimum Gasteiger partial charge on any atom is -0.618 e. The maximum absolute atomic E-state index is 13.7. The minimum absolute atomic E-state index is 0.00432. The van der Waals surface area contributed by atoms with Crippen molar-refractivity contribution < 1.29 is 41.4 Å². The zero-order valence-electron chi connectivity index (χ0n) is 25.3. The molecule has 13 nitrogen and oxygen atoms in total. The van der Waals surface area contributed by atoms with Gasteiger partial charge in [-0.25, -0.2) is 8.42 Å². The van der Waals surface area contributed by atoms with E-state index in [0.717, 1.165) is 42.6 Å². The van der Waals surface area contributed by atoms with E-state index in [4.69, 9.17) is 13.9 Å². The van der Waals surface area contributed by atoms with Gasteiger partial charge in [-0.05, 0) is 43.4 Å². The normalized spacial score (nSPS) is 19.1. The summed E-state index contributed by atoms with van der Waals surface area (Å²) in [6, 6.07) is 7.00. The highest BCUT2D eigenvalue weighted by Gasteiger charge is 2.37. The van der Waals surface area contributed by atoms with Crippen LogP contribution in [0.2, 0.25) is 0 Å². The van der Waals surface area contributed by atoms with Gasteiger partial charge in [-0.2, -0.15) is 9.04 Å². The second-order valence-electron chi connectivity index (χ2n) is 11.5. The predicted molar refractivity (Wildman–Crippen MR) is 162 cm³/mol. The summed E-state index contributed by atoms with van der Waals surface area (Å²) in [5.74, 6) is -0.472. The van der Waals surface area contributed by atoms with Gasteiger partial charge in [0.25, 0.3) is 5.91 Å². The molecule has 2 fully saturated rings. The summed E-state index contributed by atoms with van der Waals surface area (Å²) >= 11 is 0. The number of ketones is 1. The van der Waals surface area contributed by atoms with Crippen molar-refractivity contribution in [3.05, 3.63) is 53.6 Å². The van der Waals surface area contributed by atoms with Gasteiger partial charge in [0, 0.05) is 30.1 Å². The van der Waals surface area contributed by atoms with Crippen LogP contribution in [-0.4, -0.2) is 69.7 Å². The maximum Gasteiger partial charge on any atom is 0.323 e. The molecule has 1 aliphatic carbocycles. The van der Waals surface area contributed by atoms with E-state index in [-0.39, 0.29) is 35.8 Å². The van der Waals surface area contributed by atoms with Gasteiger partial charge in [0.15, 0.2) is 29.2 Å². The third-order valence-corrected chi connectivity index (χ3v) is 10.3. The number of carbonyl (C=O) groups excluding carboxylic acids is 3. The summed E-state index contributed by atoms with van der Waals surface area (Å²) in [7, 11) is -1.24. The SMILES string of the molecule is COc1cc2cc(C(=O)N[C@H](CC3CCCCC3)C(=O)NC3CCCN(S(=O)(=O)c4cccc[n+]4[O-])CC3=O)oc2cc1OC. The number of nitrogens with zero attached hydrogens (tertiary/aromatic N) is 2. The zero-order chi connectivity index (χ0) is 32.1. The molecule has 3 aromatic rings. The Kier molecular flexibility index (Phi) is 9.93. The van der Waals surface area contributed by atoms with E-state index in [1.54, 1.807) is 18.2 Å². The van der Waals surface area contributed by atoms with Crippen LogP contribution in [0.4, 0.5) is 0 Å². The van der Waals surface area contributed by atoms with Crippen LogP contribution in [0, 0.1) is 11.1 Å². The Balaban J connectivity index is 1.31. The van der Waals surface area contributed by atoms with E-state index < -0.39 is 51.3 Å². The quantitative estimate of drug-likeness (QED) is 0.249. The second kappa shape index (κ2) is 13.9. The summed E-state index contributed by atoms with van der Waals surface area (Å²) in [6.45, 7) is -0.479. The Morgan fingerprint density at radius 3 is 2.51 bits per heavy atom. The third kappa shape index (κ3) is 7.22. The fourth-order valence-electron chi connectivity index (χ4n) is 6.07. The van der Waals surface area contributed by atoms with Crippen molar-refractivity contribution >= 4 is 38.6 Å². The Morgan fingerprint density at radius 2 is 1.80 bits per heavy atom. The van der Waals surface area contributed by atoms with Crippen molar-refractivity contribution in [1.82, 2.24) is 14.9 Å². The molecule has 1 aliphatic heterocycles. The zero-order valence-corrected chi connectivity index (χ0v) is 26.1. The summed E-state index contributed by atoms with van der Waals surface area (Å²) < 4.78 is 44.0. The number of hydrogen-bond donors (Lipinski definition) is 2. The lowest BCUT2D eigenvalue weighted by Crippen LogP contribution is -2.53. The largest absolute Gasteiger partial charge is 0.618 e. The van der Waals surface area contributed by atoms with Crippen molar-refractivity contribution in [2.75, 3.05) is 27.3 Å². The topological polar surface area (TPSA) is 171 Å². The molecule has 242 valence electrons. The number of hydrogen-bond acceptors (Lipinski definition) is 9. The summed E-state index contributed by atoms with van der Waals surface area (Å²) in [5, 5.41) is 17.9. The molecule has 2 amide bonds. The minimum atomic E-state index is -4.24. The van der Waals surface area contributed by atoms with Crippen LogP contribution in [0.25, 0.3) is 11.0 Å². The van der Waals surface area contributed by atoms with Gasteiger partial charge in [0.05, 0.1) is 26.8 Å². The molecular formula is C31H38N4O9S. The lowest BCUT2D eigenvalue weighted by molar-refractivity contribution is -0.646. The molecule has 0 bridgehead atoms. The van der Waals surface area contributed by atoms with Gasteiger partial charge >= 0.3 is 15.0 Å². The number of nitrogens with one attached hydrogen (secondary N) is 2. The standard InChI is InChI=1S/C31H38N4O9S/c1-42-26-16-21-17-28(44-25(21)18-27(26)43-2)31(38)33-23(15-20-9-4-3-5-10-20)30(37)32-22-11-8-13-34(19-24(22)36)45(40,41)29-12-6-7-14-35(29)39/h6-7,12,14,16-18,20,22-23H,3-5,8-11,13,15,19H2,1-2H3,(H,32,37)(H,33,38)/t22?,23-/m1/s1. The maximum atomic E-state index is 13.7. The van der Waals surface area contributed by atoms with E-state index in [1.165, 1.54) is 32.4 Å². The van der Waals surface area contributed by atoms with Crippen molar-refractivity contribution in [2.24, 2.45) is 5.92 Å². The number of ether oxygens (including phenoxy) is 2. The Hall–Kier alpha value is -4.17. The number of amides is 2. The first kappa shape index (κ1) is 32.2. The number of rotatable bonds is 10. The number of benzene rings is 1. The average Bonchev–Trinajstić information content (AvgIpc) is 3.37. The molecule has 1 saturated carbocycles. The molecule has 45 heavy (non-hydrogen) atoms. The summed E-state index contributed by atoms with van der Waals surface area (Å²) in [4.78, 5) is 40.3. The summed E-state index contributed by atoms with van der Waals surface area (Å²) in [5.41, 5.74) is 0.410. The van der Waals surface area contributed by atoms with Gasteiger partial charge in [0.2, 0.25) is 5.91 Å². The fraction of sp³-hybridized carbons (Fsp3) is 0.484. The van der Waals surface area contributed by atoms with Crippen molar-refractivity contribution in [1.29, 1.82) is 0 Å². The first-order chi connectivity index (χ1) is 21.6. The molecule has 2 N–H and O–H groups in total. The Morgan fingerprint density at radius 1 is 1.07 bits per heavy atom. The third-order valence-electron chi connectivity index (χ3n) is 8.49. The van der Waals surface area contributed by atoms with Crippen molar-refractivity contribution in [2.45, 2.75) is 68.5 Å².